The van der Waals surface area contributed by atoms with Crippen molar-refractivity contribution in [3.8, 4) is 0 Å². The molecule has 0 saturated heterocycles. The van der Waals surface area contributed by atoms with Gasteiger partial charge in [0, 0.05) is 12.7 Å². The Labute approximate surface area is 87.8 Å². The van der Waals surface area contributed by atoms with Gasteiger partial charge in [-0.25, -0.2) is 4.79 Å². The summed E-state index contributed by atoms with van der Waals surface area (Å²) in [6.45, 7) is 3.30. The summed E-state index contributed by atoms with van der Waals surface area (Å²) in [5.41, 5.74) is 0.841. The summed E-state index contributed by atoms with van der Waals surface area (Å²) >= 11 is 1.61. The number of thioether (sulfide) groups is 1. The summed E-state index contributed by atoms with van der Waals surface area (Å²) < 4.78 is 5.02. The van der Waals surface area contributed by atoms with Crippen molar-refractivity contribution in [2.75, 3.05) is 13.2 Å². The third-order valence-electron chi connectivity index (χ3n) is 2.29. The quantitative estimate of drug-likeness (QED) is 0.654. The molecule has 0 aromatic carbocycles. The molecule has 2 aliphatic heterocycles. The summed E-state index contributed by atoms with van der Waals surface area (Å²) in [4.78, 5) is 13.7. The van der Waals surface area contributed by atoms with E-state index in [1.54, 1.807) is 11.8 Å². The van der Waals surface area contributed by atoms with Crippen LogP contribution in [0.3, 0.4) is 0 Å². The molecule has 2 heterocycles. The van der Waals surface area contributed by atoms with Gasteiger partial charge in [0.25, 0.3) is 0 Å². The van der Waals surface area contributed by atoms with E-state index >= 15 is 0 Å². The lowest BCUT2D eigenvalue weighted by Gasteiger charge is -2.25. The van der Waals surface area contributed by atoms with E-state index in [0.29, 0.717) is 6.61 Å². The Hall–Kier alpha value is -0.900. The van der Waals surface area contributed by atoms with Gasteiger partial charge in [0.05, 0.1) is 17.2 Å². The second kappa shape index (κ2) is 4.09. The molecule has 0 unspecified atom stereocenters. The Kier molecular flexibility index (Phi) is 2.82. The van der Waals surface area contributed by atoms with Crippen LogP contribution in [0.1, 0.15) is 19.8 Å². The van der Waals surface area contributed by atoms with E-state index in [0.717, 1.165) is 30.0 Å². The summed E-state index contributed by atoms with van der Waals surface area (Å²) in [5.74, 6) is -0.150. The summed E-state index contributed by atoms with van der Waals surface area (Å²) in [6, 6.07) is 0. The lowest BCUT2D eigenvalue weighted by Crippen LogP contribution is -2.23. The van der Waals surface area contributed by atoms with Gasteiger partial charge in [0.1, 0.15) is 0 Å². The number of carbonyl (C=O) groups is 1. The van der Waals surface area contributed by atoms with Crippen LogP contribution in [0.2, 0.25) is 0 Å². The molecule has 0 saturated carbocycles. The first-order valence-corrected chi connectivity index (χ1v) is 5.71. The Morgan fingerprint density at radius 1 is 1.71 bits per heavy atom. The standard InChI is InChI=1S/C10H13NO2S/c1-2-13-10(12)8-4-3-5-11-6-7-14-9(8)11/h6-7H,2-5H2,1H3. The fourth-order valence-corrected chi connectivity index (χ4v) is 2.62. The number of rotatable bonds is 2. The van der Waals surface area contributed by atoms with Gasteiger partial charge in [-0.1, -0.05) is 11.8 Å². The Morgan fingerprint density at radius 3 is 3.36 bits per heavy atom. The number of nitrogens with zero attached hydrogens (tertiary/aromatic N) is 1. The van der Waals surface area contributed by atoms with Gasteiger partial charge in [-0.15, -0.1) is 0 Å². The molecule has 3 nitrogen and oxygen atoms in total. The predicted octanol–water partition coefficient (Wildman–Crippen LogP) is 2.07. The Bertz CT molecular complexity index is 309. The van der Waals surface area contributed by atoms with Crippen molar-refractivity contribution >= 4 is 17.7 Å². The van der Waals surface area contributed by atoms with Crippen LogP contribution >= 0.6 is 11.8 Å². The van der Waals surface area contributed by atoms with Gasteiger partial charge < -0.3 is 9.64 Å². The first kappa shape index (κ1) is 9.65. The van der Waals surface area contributed by atoms with E-state index in [-0.39, 0.29) is 5.97 Å². The molecule has 0 fully saturated rings. The highest BCUT2D eigenvalue weighted by molar-refractivity contribution is 8.06. The van der Waals surface area contributed by atoms with Crippen LogP contribution in [0.25, 0.3) is 0 Å². The van der Waals surface area contributed by atoms with Crippen molar-refractivity contribution in [3.05, 3.63) is 22.2 Å². The summed E-state index contributed by atoms with van der Waals surface area (Å²) in [5, 5.41) is 3.08. The minimum atomic E-state index is -0.150. The normalized spacial score (nSPS) is 19.9. The smallest absolute Gasteiger partial charge is 0.336 e. The molecule has 0 N–H and O–H groups in total. The van der Waals surface area contributed by atoms with Crippen LogP contribution in [-0.2, 0) is 9.53 Å². The van der Waals surface area contributed by atoms with Crippen LogP contribution in [0.4, 0.5) is 0 Å². The molecule has 0 spiro atoms. The number of hydrogen-bond donors (Lipinski definition) is 0. The molecule has 0 aliphatic carbocycles. The van der Waals surface area contributed by atoms with Crippen LogP contribution in [-0.4, -0.2) is 24.0 Å². The van der Waals surface area contributed by atoms with Gasteiger partial charge in [-0.2, -0.15) is 0 Å². The van der Waals surface area contributed by atoms with Crippen molar-refractivity contribution in [2.24, 2.45) is 0 Å². The highest BCUT2D eigenvalue weighted by Gasteiger charge is 2.26. The average molecular weight is 211 g/mol. The van der Waals surface area contributed by atoms with Crippen LogP contribution in [0, 0.1) is 0 Å². The predicted molar refractivity (Wildman–Crippen MR) is 56.3 cm³/mol. The van der Waals surface area contributed by atoms with Crippen LogP contribution < -0.4 is 0 Å². The number of ether oxygens (including phenoxy) is 1. The Morgan fingerprint density at radius 2 is 2.57 bits per heavy atom. The maximum Gasteiger partial charge on any atom is 0.336 e. The molecule has 2 rings (SSSR count). The molecule has 2 aliphatic rings. The van der Waals surface area contributed by atoms with Crippen LogP contribution in [0.5, 0.6) is 0 Å². The van der Waals surface area contributed by atoms with E-state index in [9.17, 15) is 4.79 Å². The molecule has 76 valence electrons. The third-order valence-corrected chi connectivity index (χ3v) is 3.25. The molecule has 0 bridgehead atoms. The lowest BCUT2D eigenvalue weighted by molar-refractivity contribution is -0.138. The number of esters is 1. The van der Waals surface area contributed by atoms with Crippen molar-refractivity contribution in [1.29, 1.82) is 0 Å². The van der Waals surface area contributed by atoms with Gasteiger partial charge in [0.2, 0.25) is 0 Å². The number of carbonyl (C=O) groups excluding carboxylic acids is 1. The molecular formula is C10H13NO2S. The highest BCUT2D eigenvalue weighted by Crippen LogP contribution is 2.36. The van der Waals surface area contributed by atoms with Crippen LogP contribution in [0.15, 0.2) is 22.2 Å². The van der Waals surface area contributed by atoms with Crippen molar-refractivity contribution < 1.29 is 9.53 Å². The van der Waals surface area contributed by atoms with Crippen molar-refractivity contribution in [3.63, 3.8) is 0 Å². The summed E-state index contributed by atoms with van der Waals surface area (Å²) in [7, 11) is 0. The monoisotopic (exact) mass is 211 g/mol. The maximum absolute atomic E-state index is 11.6. The highest BCUT2D eigenvalue weighted by atomic mass is 32.2. The molecule has 0 radical (unpaired) electrons. The second-order valence-electron chi connectivity index (χ2n) is 3.20. The van der Waals surface area contributed by atoms with Crippen molar-refractivity contribution in [1.82, 2.24) is 4.90 Å². The fraction of sp³-hybridized carbons (Fsp3) is 0.500. The van der Waals surface area contributed by atoms with Gasteiger partial charge in [0.15, 0.2) is 0 Å². The molecular weight excluding hydrogens is 198 g/mol. The molecule has 0 amide bonds. The second-order valence-corrected chi connectivity index (χ2v) is 4.10. The largest absolute Gasteiger partial charge is 0.463 e. The first-order valence-electron chi connectivity index (χ1n) is 4.83. The first-order chi connectivity index (χ1) is 6.83. The van der Waals surface area contributed by atoms with E-state index in [1.807, 2.05) is 18.5 Å². The topological polar surface area (TPSA) is 29.5 Å². The summed E-state index contributed by atoms with van der Waals surface area (Å²) in [6.07, 6.45) is 3.90. The molecule has 0 atom stereocenters. The number of fused-ring (bicyclic) bond motifs is 1. The van der Waals surface area contributed by atoms with Crippen molar-refractivity contribution in [2.45, 2.75) is 19.8 Å². The zero-order valence-corrected chi connectivity index (χ0v) is 8.97. The van der Waals surface area contributed by atoms with Gasteiger partial charge in [-0.3, -0.25) is 0 Å². The molecule has 0 aromatic heterocycles. The zero-order valence-electron chi connectivity index (χ0n) is 8.16. The van der Waals surface area contributed by atoms with Gasteiger partial charge in [-0.05, 0) is 25.2 Å². The number of hydrogen-bond acceptors (Lipinski definition) is 4. The van der Waals surface area contributed by atoms with E-state index in [4.69, 9.17) is 4.74 Å². The minimum Gasteiger partial charge on any atom is -0.463 e. The molecule has 0 aromatic rings. The third kappa shape index (κ3) is 1.66. The fourth-order valence-electron chi connectivity index (χ4n) is 1.66. The average Bonchev–Trinajstić information content (AvgIpc) is 2.65. The zero-order chi connectivity index (χ0) is 9.97. The van der Waals surface area contributed by atoms with E-state index in [1.165, 1.54) is 0 Å². The Balaban J connectivity index is 2.20. The lowest BCUT2D eigenvalue weighted by atomic mass is 10.1. The minimum absolute atomic E-state index is 0.150. The molecule has 14 heavy (non-hydrogen) atoms. The maximum atomic E-state index is 11.6. The molecule has 4 heteroatoms. The van der Waals surface area contributed by atoms with E-state index < -0.39 is 0 Å². The van der Waals surface area contributed by atoms with E-state index in [2.05, 4.69) is 4.90 Å². The SMILES string of the molecule is CCOC(=O)C1=C2SC=CN2CCC1. The van der Waals surface area contributed by atoms with Gasteiger partial charge >= 0.3 is 5.97 Å².